The summed E-state index contributed by atoms with van der Waals surface area (Å²) < 4.78 is 15.8. The molecule has 4 rings (SSSR count). The van der Waals surface area contributed by atoms with Crippen molar-refractivity contribution >= 4 is 10.9 Å². The van der Waals surface area contributed by atoms with Gasteiger partial charge in [0.05, 0.1) is 0 Å². The van der Waals surface area contributed by atoms with Crippen LogP contribution in [0, 0.1) is 5.82 Å². The van der Waals surface area contributed by atoms with Crippen LogP contribution in [0.3, 0.4) is 0 Å². The van der Waals surface area contributed by atoms with E-state index in [0.717, 1.165) is 23.9 Å². The van der Waals surface area contributed by atoms with Crippen molar-refractivity contribution in [2.24, 2.45) is 7.05 Å². The van der Waals surface area contributed by atoms with Crippen LogP contribution in [-0.4, -0.2) is 10.6 Å². The van der Waals surface area contributed by atoms with Gasteiger partial charge in [-0.25, -0.2) is 4.39 Å². The minimum Gasteiger partial charge on any atom is -0.350 e. The maximum Gasteiger partial charge on any atom is 0.123 e. The van der Waals surface area contributed by atoms with Crippen LogP contribution in [0.15, 0.2) is 54.7 Å². The predicted octanol–water partition coefficient (Wildman–Crippen LogP) is 4.74. The Balaban J connectivity index is 1.48. The zero-order valence-electron chi connectivity index (χ0n) is 14.0. The van der Waals surface area contributed by atoms with Crippen LogP contribution in [0.5, 0.6) is 0 Å². The molecule has 1 aliphatic rings. The Bertz CT molecular complexity index is 838. The summed E-state index contributed by atoms with van der Waals surface area (Å²) in [7, 11) is 2.05. The van der Waals surface area contributed by atoms with Gasteiger partial charge in [-0.3, -0.25) is 0 Å². The van der Waals surface area contributed by atoms with Crippen molar-refractivity contribution < 1.29 is 4.39 Å². The molecule has 3 aromatic rings. The third-order valence-electron chi connectivity index (χ3n) is 5.29. The number of fused-ring (bicyclic) bond motifs is 1. The van der Waals surface area contributed by atoms with Crippen LogP contribution in [-0.2, 0) is 13.6 Å². The van der Waals surface area contributed by atoms with Crippen LogP contribution in [0.2, 0.25) is 0 Å². The summed E-state index contributed by atoms with van der Waals surface area (Å²) in [4.78, 5) is 0. The minimum atomic E-state index is -0.147. The lowest BCUT2D eigenvalue weighted by molar-refractivity contribution is 0.517. The average molecular weight is 322 g/mol. The maximum atomic E-state index is 13.7. The van der Waals surface area contributed by atoms with Gasteiger partial charge in [0.1, 0.15) is 5.82 Å². The molecular formula is C21H23FN2. The molecule has 1 heterocycles. The third kappa shape index (κ3) is 2.96. The van der Waals surface area contributed by atoms with Gasteiger partial charge in [-0.15, -0.1) is 0 Å². The summed E-state index contributed by atoms with van der Waals surface area (Å²) in [5, 5.41) is 4.76. The standard InChI is InChI=1S/C21H23FN2/c1-24-14-20(19-12-17(22)8-10-21(19)24)16-7-9-18(11-16)23-13-15-5-3-2-4-6-15/h2-6,8,10,12,14,16,18,23H,7,9,11,13H2,1H3/t16-,18+/m1/s1. The first-order chi connectivity index (χ1) is 11.7. The molecule has 0 aliphatic heterocycles. The molecule has 1 aromatic heterocycles. The van der Waals surface area contributed by atoms with Crippen LogP contribution < -0.4 is 5.32 Å². The van der Waals surface area contributed by atoms with E-state index >= 15 is 0 Å². The monoisotopic (exact) mass is 322 g/mol. The molecule has 2 atom stereocenters. The molecular weight excluding hydrogens is 299 g/mol. The van der Waals surface area contributed by atoms with Crippen molar-refractivity contribution in [3.8, 4) is 0 Å². The molecule has 24 heavy (non-hydrogen) atoms. The Kier molecular flexibility index (Phi) is 4.11. The fourth-order valence-electron chi connectivity index (χ4n) is 4.03. The van der Waals surface area contributed by atoms with Gasteiger partial charge in [-0.1, -0.05) is 30.3 Å². The lowest BCUT2D eigenvalue weighted by Gasteiger charge is -2.13. The normalized spacial score (nSPS) is 20.8. The number of aryl methyl sites for hydroxylation is 1. The van der Waals surface area contributed by atoms with Gasteiger partial charge in [-0.2, -0.15) is 0 Å². The average Bonchev–Trinajstić information content (AvgIpc) is 3.18. The lowest BCUT2D eigenvalue weighted by atomic mass is 9.97. The van der Waals surface area contributed by atoms with Crippen molar-refractivity contribution in [3.63, 3.8) is 0 Å². The smallest absolute Gasteiger partial charge is 0.123 e. The summed E-state index contributed by atoms with van der Waals surface area (Å²) in [5.74, 6) is 0.371. The Morgan fingerprint density at radius 1 is 1.12 bits per heavy atom. The quantitative estimate of drug-likeness (QED) is 0.734. The largest absolute Gasteiger partial charge is 0.350 e. The Labute approximate surface area is 142 Å². The van der Waals surface area contributed by atoms with Crippen molar-refractivity contribution in [2.45, 2.75) is 37.8 Å². The molecule has 124 valence electrons. The second kappa shape index (κ2) is 6.40. The fourth-order valence-corrected chi connectivity index (χ4v) is 4.03. The van der Waals surface area contributed by atoms with Crippen LogP contribution in [0.1, 0.15) is 36.3 Å². The summed E-state index contributed by atoms with van der Waals surface area (Å²) in [5.41, 5.74) is 3.75. The molecule has 0 unspecified atom stereocenters. The van der Waals surface area contributed by atoms with Crippen molar-refractivity contribution in [2.75, 3.05) is 0 Å². The molecule has 1 N–H and O–H groups in total. The lowest BCUT2D eigenvalue weighted by Crippen LogP contribution is -2.25. The minimum absolute atomic E-state index is 0.147. The van der Waals surface area contributed by atoms with Crippen LogP contribution in [0.4, 0.5) is 4.39 Å². The van der Waals surface area contributed by atoms with Gasteiger partial charge < -0.3 is 9.88 Å². The van der Waals surface area contributed by atoms with Gasteiger partial charge in [0.25, 0.3) is 0 Å². The van der Waals surface area contributed by atoms with Gasteiger partial charge >= 0.3 is 0 Å². The molecule has 1 saturated carbocycles. The van der Waals surface area contributed by atoms with Gasteiger partial charge in [0, 0.05) is 36.7 Å². The molecule has 3 heteroatoms. The molecule has 0 spiro atoms. The van der Waals surface area contributed by atoms with E-state index in [2.05, 4.69) is 46.4 Å². The Hall–Kier alpha value is -2.13. The topological polar surface area (TPSA) is 17.0 Å². The second-order valence-corrected chi connectivity index (χ2v) is 6.93. The molecule has 2 nitrogen and oxygen atoms in total. The van der Waals surface area contributed by atoms with E-state index in [0.29, 0.717) is 12.0 Å². The number of hydrogen-bond acceptors (Lipinski definition) is 1. The summed E-state index contributed by atoms with van der Waals surface area (Å²) >= 11 is 0. The summed E-state index contributed by atoms with van der Waals surface area (Å²) in [6.07, 6.45) is 5.67. The number of nitrogens with one attached hydrogen (secondary N) is 1. The highest BCUT2D eigenvalue weighted by molar-refractivity contribution is 5.84. The first kappa shape index (κ1) is 15.4. The third-order valence-corrected chi connectivity index (χ3v) is 5.29. The highest BCUT2D eigenvalue weighted by atomic mass is 19.1. The maximum absolute atomic E-state index is 13.7. The number of aromatic nitrogens is 1. The number of hydrogen-bond donors (Lipinski definition) is 1. The van der Waals surface area contributed by atoms with Gasteiger partial charge in [0.2, 0.25) is 0 Å². The molecule has 2 aromatic carbocycles. The van der Waals surface area contributed by atoms with E-state index in [1.165, 1.54) is 24.0 Å². The Morgan fingerprint density at radius 2 is 1.96 bits per heavy atom. The number of benzene rings is 2. The van der Waals surface area contributed by atoms with E-state index in [1.807, 2.05) is 13.1 Å². The highest BCUT2D eigenvalue weighted by Gasteiger charge is 2.27. The van der Waals surface area contributed by atoms with Gasteiger partial charge in [0.15, 0.2) is 0 Å². The van der Waals surface area contributed by atoms with Crippen LogP contribution in [0.25, 0.3) is 10.9 Å². The second-order valence-electron chi connectivity index (χ2n) is 6.93. The van der Waals surface area contributed by atoms with E-state index < -0.39 is 0 Å². The summed E-state index contributed by atoms with van der Waals surface area (Å²) in [6, 6.07) is 16.2. The highest BCUT2D eigenvalue weighted by Crippen LogP contribution is 2.38. The zero-order chi connectivity index (χ0) is 16.5. The first-order valence-corrected chi connectivity index (χ1v) is 8.72. The number of nitrogens with zero attached hydrogens (tertiary/aromatic N) is 1. The van der Waals surface area contributed by atoms with Crippen LogP contribution >= 0.6 is 0 Å². The first-order valence-electron chi connectivity index (χ1n) is 8.72. The van der Waals surface area contributed by atoms with E-state index in [4.69, 9.17) is 0 Å². The molecule has 0 bridgehead atoms. The molecule has 1 aliphatic carbocycles. The fraction of sp³-hybridized carbons (Fsp3) is 0.333. The summed E-state index contributed by atoms with van der Waals surface area (Å²) in [6.45, 7) is 0.919. The SMILES string of the molecule is Cn1cc([C@@H]2CC[C@H](NCc3ccccc3)C2)c2cc(F)ccc21. The van der Waals surface area contributed by atoms with Gasteiger partial charge in [-0.05, 0) is 54.5 Å². The van der Waals surface area contributed by atoms with E-state index in [9.17, 15) is 4.39 Å². The molecule has 0 amide bonds. The number of rotatable bonds is 4. The zero-order valence-corrected chi connectivity index (χ0v) is 14.0. The van der Waals surface area contributed by atoms with Crippen molar-refractivity contribution in [1.82, 2.24) is 9.88 Å². The molecule has 0 radical (unpaired) electrons. The van der Waals surface area contributed by atoms with E-state index in [1.54, 1.807) is 12.1 Å². The Morgan fingerprint density at radius 3 is 2.79 bits per heavy atom. The molecule has 1 fully saturated rings. The van der Waals surface area contributed by atoms with E-state index in [-0.39, 0.29) is 5.82 Å². The predicted molar refractivity (Wildman–Crippen MR) is 96.5 cm³/mol. The molecule has 0 saturated heterocycles. The van der Waals surface area contributed by atoms with Crippen molar-refractivity contribution in [1.29, 1.82) is 0 Å². The number of halogens is 1. The van der Waals surface area contributed by atoms with Crippen molar-refractivity contribution in [3.05, 3.63) is 71.7 Å².